The molecule has 0 saturated heterocycles. The predicted molar refractivity (Wildman–Crippen MR) is 88.3 cm³/mol. The highest BCUT2D eigenvalue weighted by Crippen LogP contribution is 2.26. The van der Waals surface area contributed by atoms with Gasteiger partial charge in [0.15, 0.2) is 0 Å². The van der Waals surface area contributed by atoms with Gasteiger partial charge in [0.05, 0.1) is 6.54 Å². The Hall–Kier alpha value is -2.87. The third-order valence-corrected chi connectivity index (χ3v) is 3.77. The number of anilines is 1. The Balaban J connectivity index is 1.83. The van der Waals surface area contributed by atoms with Crippen molar-refractivity contribution in [3.8, 4) is 11.5 Å². The van der Waals surface area contributed by atoms with Crippen molar-refractivity contribution in [3.05, 3.63) is 64.8 Å². The first-order chi connectivity index (χ1) is 12.5. The Morgan fingerprint density at radius 1 is 1.19 bits per heavy atom. The second-order valence-electron chi connectivity index (χ2n) is 5.27. The molecule has 1 aromatic heterocycles. The van der Waals surface area contributed by atoms with Crippen LogP contribution in [-0.4, -0.2) is 16.6 Å². The molecular weight excluding hydrogens is 371 g/mol. The number of nitrogens with zero attached hydrogens (tertiary/aromatic N) is 3. The molecule has 0 aliphatic carbocycles. The Morgan fingerprint density at radius 3 is 2.62 bits per heavy atom. The lowest BCUT2D eigenvalue weighted by Crippen LogP contribution is -2.21. The fraction of sp³-hybridized carbons (Fsp3) is 0.118. The number of hydrogen-bond acceptors (Lipinski definition) is 4. The third kappa shape index (κ3) is 3.85. The highest BCUT2D eigenvalue weighted by atomic mass is 35.5. The van der Waals surface area contributed by atoms with Crippen LogP contribution in [0.2, 0.25) is 5.02 Å². The smallest absolute Gasteiger partial charge is 0.314 e. The summed E-state index contributed by atoms with van der Waals surface area (Å²) >= 11 is 5.90. The summed E-state index contributed by atoms with van der Waals surface area (Å²) in [7, 11) is 0. The summed E-state index contributed by atoms with van der Waals surface area (Å²) in [5.41, 5.74) is 0.884. The molecule has 5 nitrogen and oxygen atoms in total. The van der Waals surface area contributed by atoms with Gasteiger partial charge in [0.25, 0.3) is 5.89 Å². The monoisotopic (exact) mass is 381 g/mol. The molecule has 0 atom stereocenters. The Labute approximate surface area is 151 Å². The van der Waals surface area contributed by atoms with E-state index in [1.807, 2.05) is 0 Å². The zero-order chi connectivity index (χ0) is 18.7. The molecule has 0 bridgehead atoms. The lowest BCUT2D eigenvalue weighted by molar-refractivity contribution is -0.107. The molecule has 9 heteroatoms. The van der Waals surface area contributed by atoms with Gasteiger partial charge in [-0.2, -0.15) is 8.78 Å². The van der Waals surface area contributed by atoms with E-state index < -0.39 is 18.1 Å². The highest BCUT2D eigenvalue weighted by molar-refractivity contribution is 6.30. The normalized spacial score (nSPS) is 11.0. The summed E-state index contributed by atoms with van der Waals surface area (Å²) in [4.78, 5) is 12.6. The molecule has 3 rings (SSSR count). The minimum Gasteiger partial charge on any atom is -0.415 e. The van der Waals surface area contributed by atoms with E-state index in [1.165, 1.54) is 17.0 Å². The lowest BCUT2D eigenvalue weighted by Gasteiger charge is -2.18. The third-order valence-electron chi connectivity index (χ3n) is 3.54. The van der Waals surface area contributed by atoms with E-state index in [0.717, 1.165) is 6.07 Å². The number of hydrogen-bond donors (Lipinski definition) is 0. The molecule has 0 unspecified atom stereocenters. The van der Waals surface area contributed by atoms with Gasteiger partial charge < -0.3 is 9.32 Å². The molecule has 2 aromatic carbocycles. The first-order valence-electron chi connectivity index (χ1n) is 7.36. The van der Waals surface area contributed by atoms with Crippen molar-refractivity contribution < 1.29 is 22.4 Å². The second kappa shape index (κ2) is 7.57. The Kier molecular flexibility index (Phi) is 5.22. The van der Waals surface area contributed by atoms with Crippen LogP contribution in [0.5, 0.6) is 0 Å². The zero-order valence-electron chi connectivity index (χ0n) is 13.1. The van der Waals surface area contributed by atoms with Crippen LogP contribution in [0.25, 0.3) is 11.5 Å². The summed E-state index contributed by atoms with van der Waals surface area (Å²) in [5, 5.41) is 7.11. The van der Waals surface area contributed by atoms with Crippen LogP contribution in [0.15, 0.2) is 46.9 Å². The number of alkyl halides is 2. The number of rotatable bonds is 6. The quantitative estimate of drug-likeness (QED) is 0.584. The molecule has 0 N–H and O–H groups in total. The molecule has 1 amide bonds. The van der Waals surface area contributed by atoms with Crippen molar-refractivity contribution in [2.75, 3.05) is 4.90 Å². The fourth-order valence-electron chi connectivity index (χ4n) is 2.28. The molecule has 0 fully saturated rings. The highest BCUT2D eigenvalue weighted by Gasteiger charge is 2.18. The summed E-state index contributed by atoms with van der Waals surface area (Å²) in [6.07, 6.45) is -2.34. The maximum absolute atomic E-state index is 14.4. The first-order valence-corrected chi connectivity index (χ1v) is 7.73. The molecule has 26 heavy (non-hydrogen) atoms. The van der Waals surface area contributed by atoms with Crippen molar-refractivity contribution in [2.24, 2.45) is 0 Å². The van der Waals surface area contributed by atoms with Crippen LogP contribution in [0, 0.1) is 5.82 Å². The second-order valence-corrected chi connectivity index (χ2v) is 5.70. The molecule has 134 valence electrons. The van der Waals surface area contributed by atoms with Crippen molar-refractivity contribution in [2.45, 2.75) is 13.0 Å². The van der Waals surface area contributed by atoms with Crippen molar-refractivity contribution in [1.82, 2.24) is 10.2 Å². The maximum atomic E-state index is 14.4. The number of carbonyl (C=O) groups excluding carboxylic acids is 1. The molecule has 1 heterocycles. The molecule has 0 spiro atoms. The Bertz CT molecular complexity index is 933. The number of benzene rings is 2. The van der Waals surface area contributed by atoms with Crippen LogP contribution < -0.4 is 4.90 Å². The van der Waals surface area contributed by atoms with Gasteiger partial charge >= 0.3 is 6.43 Å². The van der Waals surface area contributed by atoms with Crippen LogP contribution >= 0.6 is 11.6 Å². The van der Waals surface area contributed by atoms with E-state index in [0.29, 0.717) is 17.1 Å². The van der Waals surface area contributed by atoms with Gasteiger partial charge in [-0.25, -0.2) is 4.39 Å². The molecule has 0 aliphatic rings. The van der Waals surface area contributed by atoms with Crippen LogP contribution in [0.1, 0.15) is 17.9 Å². The van der Waals surface area contributed by atoms with E-state index >= 15 is 0 Å². The lowest BCUT2D eigenvalue weighted by atomic mass is 10.1. The van der Waals surface area contributed by atoms with Gasteiger partial charge in [-0.15, -0.1) is 10.2 Å². The minimum atomic E-state index is -2.90. The van der Waals surface area contributed by atoms with E-state index in [-0.39, 0.29) is 23.6 Å². The average Bonchev–Trinajstić information content (AvgIpc) is 3.11. The number of amides is 1. The Morgan fingerprint density at radius 2 is 2.00 bits per heavy atom. The van der Waals surface area contributed by atoms with Crippen molar-refractivity contribution in [1.29, 1.82) is 0 Å². The van der Waals surface area contributed by atoms with Crippen LogP contribution in [0.4, 0.5) is 18.9 Å². The first kappa shape index (κ1) is 17.9. The van der Waals surface area contributed by atoms with E-state index in [9.17, 15) is 18.0 Å². The summed E-state index contributed by atoms with van der Waals surface area (Å²) in [6, 6.07) is 10.5. The minimum absolute atomic E-state index is 0.0396. The topological polar surface area (TPSA) is 59.2 Å². The molecule has 3 aromatic rings. The number of aromatic nitrogens is 2. The summed E-state index contributed by atoms with van der Waals surface area (Å²) in [6.45, 7) is -0.0396. The van der Waals surface area contributed by atoms with E-state index in [1.54, 1.807) is 24.3 Å². The van der Waals surface area contributed by atoms with Gasteiger partial charge in [-0.05, 0) is 30.3 Å². The van der Waals surface area contributed by atoms with Gasteiger partial charge in [0, 0.05) is 21.8 Å². The predicted octanol–water partition coefficient (Wildman–Crippen LogP) is 4.63. The standard InChI is InChI=1S/C17H11ClF3N3O2/c18-12-2-1-3-13(7-12)24(9-25)8-11-5-4-10(6-14(11)19)16-22-23-17(26-16)15(20)21/h1-7,9,15H,8H2. The van der Waals surface area contributed by atoms with Crippen molar-refractivity contribution in [3.63, 3.8) is 0 Å². The number of halogens is 4. The maximum Gasteiger partial charge on any atom is 0.314 e. The largest absolute Gasteiger partial charge is 0.415 e. The SMILES string of the molecule is O=CN(Cc1ccc(-c2nnc(C(F)F)o2)cc1F)c1cccc(Cl)c1. The average molecular weight is 382 g/mol. The van der Waals surface area contributed by atoms with Crippen LogP contribution in [-0.2, 0) is 11.3 Å². The van der Waals surface area contributed by atoms with Gasteiger partial charge in [0.1, 0.15) is 5.82 Å². The van der Waals surface area contributed by atoms with Crippen molar-refractivity contribution >= 4 is 23.7 Å². The molecule has 0 radical (unpaired) electrons. The summed E-state index contributed by atoms with van der Waals surface area (Å²) < 4.78 is 44.2. The van der Waals surface area contributed by atoms with E-state index in [2.05, 4.69) is 10.2 Å². The number of carbonyl (C=O) groups is 1. The molecule has 0 saturated carbocycles. The van der Waals surface area contributed by atoms with Gasteiger partial charge in [0.2, 0.25) is 12.3 Å². The molecular formula is C17H11ClF3N3O2. The summed E-state index contributed by atoms with van der Waals surface area (Å²) in [5.74, 6) is -1.70. The van der Waals surface area contributed by atoms with E-state index in [4.69, 9.17) is 16.0 Å². The van der Waals surface area contributed by atoms with Gasteiger partial charge in [-0.1, -0.05) is 23.7 Å². The van der Waals surface area contributed by atoms with Crippen LogP contribution in [0.3, 0.4) is 0 Å². The van der Waals surface area contributed by atoms with Gasteiger partial charge in [-0.3, -0.25) is 4.79 Å². The molecule has 0 aliphatic heterocycles. The zero-order valence-corrected chi connectivity index (χ0v) is 13.8. The fourth-order valence-corrected chi connectivity index (χ4v) is 2.46.